The maximum Gasteiger partial charge on any atom is 0.238 e. The van der Waals surface area contributed by atoms with Gasteiger partial charge in [-0.1, -0.05) is 13.0 Å². The van der Waals surface area contributed by atoms with Crippen LogP contribution in [-0.2, 0) is 21.2 Å². The van der Waals surface area contributed by atoms with E-state index in [-0.39, 0.29) is 10.3 Å². The van der Waals surface area contributed by atoms with Crippen molar-refractivity contribution < 1.29 is 17.9 Å². The molecule has 0 aliphatic heterocycles. The maximum atomic E-state index is 12.5. The van der Waals surface area contributed by atoms with Gasteiger partial charge in [0.2, 0.25) is 10.0 Å². The summed E-state index contributed by atoms with van der Waals surface area (Å²) in [5.74, 6) is 3.50. The molecule has 2 aromatic carbocycles. The zero-order valence-electron chi connectivity index (χ0n) is 17.1. The third-order valence-electron chi connectivity index (χ3n) is 7.79. The van der Waals surface area contributed by atoms with Gasteiger partial charge < -0.3 is 4.74 Å². The van der Waals surface area contributed by atoms with Gasteiger partial charge in [-0.2, -0.15) is 0 Å². The summed E-state index contributed by atoms with van der Waals surface area (Å²) in [7, 11) is -3.71. The van der Waals surface area contributed by atoms with Crippen molar-refractivity contribution in [3.05, 3.63) is 53.6 Å². The molecule has 3 aliphatic carbocycles. The van der Waals surface area contributed by atoms with Crippen molar-refractivity contribution in [3.63, 3.8) is 0 Å². The number of hydrogen-bond acceptors (Lipinski definition) is 4. The Morgan fingerprint density at radius 1 is 1.00 bits per heavy atom. The molecular weight excluding hydrogens is 398 g/mol. The Labute approximate surface area is 177 Å². The molecule has 5 rings (SSSR count). The molecule has 0 heterocycles. The summed E-state index contributed by atoms with van der Waals surface area (Å²) >= 11 is 0. The molecule has 5 nitrogen and oxygen atoms in total. The molecule has 4 atom stereocenters. The van der Waals surface area contributed by atoms with Gasteiger partial charge in [-0.3, -0.25) is 4.79 Å². The van der Waals surface area contributed by atoms with Crippen LogP contribution < -0.4 is 9.88 Å². The topological polar surface area (TPSA) is 86.5 Å². The van der Waals surface area contributed by atoms with E-state index in [0.717, 1.165) is 44.3 Å². The van der Waals surface area contributed by atoms with Gasteiger partial charge in [0.15, 0.2) is 0 Å². The van der Waals surface area contributed by atoms with Gasteiger partial charge in [-0.15, -0.1) is 0 Å². The van der Waals surface area contributed by atoms with Gasteiger partial charge in [0.25, 0.3) is 0 Å². The van der Waals surface area contributed by atoms with Gasteiger partial charge in [0.1, 0.15) is 17.3 Å². The van der Waals surface area contributed by atoms with Gasteiger partial charge in [0, 0.05) is 11.8 Å². The van der Waals surface area contributed by atoms with Gasteiger partial charge in [-0.25, -0.2) is 13.6 Å². The molecule has 158 valence electrons. The van der Waals surface area contributed by atoms with Crippen LogP contribution in [0.25, 0.3) is 0 Å². The fraction of sp³-hybridized carbons (Fsp3) is 0.458. The Morgan fingerprint density at radius 3 is 2.47 bits per heavy atom. The molecule has 6 heteroatoms. The van der Waals surface area contributed by atoms with E-state index in [0.29, 0.717) is 29.3 Å². The highest BCUT2D eigenvalue weighted by Gasteiger charge is 2.54. The minimum absolute atomic E-state index is 0.0704. The second kappa shape index (κ2) is 6.92. The molecule has 0 spiro atoms. The SMILES string of the molecule is C[C@@]12CC[C@H]3c4ccc(Oc5ccc(S(N)(=O)=O)cc5)cc4CC[C@@H]3[C@H]1CCC2=O. The minimum atomic E-state index is -3.71. The lowest BCUT2D eigenvalue weighted by molar-refractivity contribution is -0.129. The van der Waals surface area contributed by atoms with Crippen molar-refractivity contribution >= 4 is 15.8 Å². The van der Waals surface area contributed by atoms with Crippen LogP contribution in [0.4, 0.5) is 0 Å². The van der Waals surface area contributed by atoms with Crippen LogP contribution in [0.3, 0.4) is 0 Å². The van der Waals surface area contributed by atoms with E-state index in [4.69, 9.17) is 9.88 Å². The van der Waals surface area contributed by atoms with Crippen molar-refractivity contribution in [2.24, 2.45) is 22.4 Å². The highest BCUT2D eigenvalue weighted by atomic mass is 32.2. The predicted octanol–water partition coefficient (Wildman–Crippen LogP) is 4.55. The minimum Gasteiger partial charge on any atom is -0.457 e. The molecule has 2 fully saturated rings. The van der Waals surface area contributed by atoms with Crippen molar-refractivity contribution in [2.75, 3.05) is 0 Å². The van der Waals surface area contributed by atoms with Crippen LogP contribution in [-0.4, -0.2) is 14.2 Å². The fourth-order valence-electron chi connectivity index (χ4n) is 6.23. The number of aryl methyl sites for hydroxylation is 1. The Morgan fingerprint density at radius 2 is 1.73 bits per heavy atom. The molecule has 2 saturated carbocycles. The average Bonchev–Trinajstić information content (AvgIpc) is 3.02. The molecule has 0 unspecified atom stereocenters. The number of fused-ring (bicyclic) bond motifs is 5. The summed E-state index contributed by atoms with van der Waals surface area (Å²) in [6.45, 7) is 2.21. The van der Waals surface area contributed by atoms with E-state index in [1.807, 2.05) is 6.07 Å². The fourth-order valence-corrected chi connectivity index (χ4v) is 6.74. The second-order valence-electron chi connectivity index (χ2n) is 9.31. The summed E-state index contributed by atoms with van der Waals surface area (Å²) in [6, 6.07) is 12.5. The van der Waals surface area contributed by atoms with Crippen molar-refractivity contribution in [1.29, 1.82) is 0 Å². The van der Waals surface area contributed by atoms with E-state index in [9.17, 15) is 13.2 Å². The first-order valence-electron chi connectivity index (χ1n) is 10.7. The van der Waals surface area contributed by atoms with Crippen molar-refractivity contribution in [3.8, 4) is 11.5 Å². The molecule has 30 heavy (non-hydrogen) atoms. The lowest BCUT2D eigenvalue weighted by atomic mass is 9.55. The first-order valence-corrected chi connectivity index (χ1v) is 12.3. The summed E-state index contributed by atoms with van der Waals surface area (Å²) in [4.78, 5) is 12.6. The van der Waals surface area contributed by atoms with Crippen LogP contribution in [0, 0.1) is 17.3 Å². The number of benzene rings is 2. The van der Waals surface area contributed by atoms with E-state index in [1.54, 1.807) is 12.1 Å². The second-order valence-corrected chi connectivity index (χ2v) is 10.9. The Hall–Kier alpha value is -2.18. The van der Waals surface area contributed by atoms with Crippen LogP contribution in [0.2, 0.25) is 0 Å². The smallest absolute Gasteiger partial charge is 0.238 e. The number of hydrogen-bond donors (Lipinski definition) is 1. The molecule has 2 aromatic rings. The number of rotatable bonds is 3. The number of primary sulfonamides is 1. The largest absolute Gasteiger partial charge is 0.457 e. The molecule has 3 aliphatic rings. The standard InChI is InChI=1S/C24H27NO4S/c1-24-13-12-20-19-9-5-17(29-16-3-6-18(7-4-16)30(25,27)28)14-15(19)2-8-21(20)22(24)10-11-23(24)26/h3-7,9,14,20-22H,2,8,10-13H2,1H3,(H2,25,27,28)/t20-,21-,22+,24+/m0/s1. The summed E-state index contributed by atoms with van der Waals surface area (Å²) in [5, 5.41) is 5.15. The first kappa shape index (κ1) is 19.8. The van der Waals surface area contributed by atoms with Crippen LogP contribution in [0.1, 0.15) is 56.1 Å². The third kappa shape index (κ3) is 3.17. The monoisotopic (exact) mass is 425 g/mol. The van der Waals surface area contributed by atoms with E-state index >= 15 is 0 Å². The molecule has 2 N–H and O–H groups in total. The molecule has 0 bridgehead atoms. The molecule has 0 aromatic heterocycles. The number of ether oxygens (including phenoxy) is 1. The van der Waals surface area contributed by atoms with E-state index < -0.39 is 10.0 Å². The lowest BCUT2D eigenvalue weighted by Crippen LogP contribution is -2.42. The van der Waals surface area contributed by atoms with Crippen LogP contribution in [0.15, 0.2) is 47.4 Å². The first-order chi connectivity index (χ1) is 14.3. The number of ketones is 1. The molecular formula is C24H27NO4S. The van der Waals surface area contributed by atoms with Crippen molar-refractivity contribution in [1.82, 2.24) is 0 Å². The van der Waals surface area contributed by atoms with E-state index in [2.05, 4.69) is 19.1 Å². The number of carbonyl (C=O) groups is 1. The highest BCUT2D eigenvalue weighted by molar-refractivity contribution is 7.89. The quantitative estimate of drug-likeness (QED) is 0.781. The Bertz CT molecular complexity index is 1110. The average molecular weight is 426 g/mol. The van der Waals surface area contributed by atoms with Gasteiger partial charge >= 0.3 is 0 Å². The normalized spacial score (nSPS) is 30.3. The third-order valence-corrected chi connectivity index (χ3v) is 8.72. The lowest BCUT2D eigenvalue weighted by Gasteiger charge is -2.48. The predicted molar refractivity (Wildman–Crippen MR) is 114 cm³/mol. The van der Waals surface area contributed by atoms with Crippen molar-refractivity contribution in [2.45, 2.75) is 56.3 Å². The number of carbonyl (C=O) groups excluding carboxylic acids is 1. The van der Waals surface area contributed by atoms with Gasteiger partial charge in [-0.05, 0) is 97.4 Å². The van der Waals surface area contributed by atoms with E-state index in [1.165, 1.54) is 23.3 Å². The zero-order valence-corrected chi connectivity index (χ0v) is 18.0. The van der Waals surface area contributed by atoms with Crippen LogP contribution in [0.5, 0.6) is 11.5 Å². The number of Topliss-reactive ketones (excluding diaryl/α,β-unsaturated/α-hetero) is 1. The highest BCUT2D eigenvalue weighted by Crippen LogP contribution is 2.59. The number of sulfonamides is 1. The molecule has 0 radical (unpaired) electrons. The zero-order chi connectivity index (χ0) is 21.1. The Kier molecular flexibility index (Phi) is 4.56. The molecule has 0 saturated heterocycles. The summed E-state index contributed by atoms with van der Waals surface area (Å²) in [6.07, 6.45) is 6.06. The van der Waals surface area contributed by atoms with Gasteiger partial charge in [0.05, 0.1) is 4.90 Å². The maximum absolute atomic E-state index is 12.5. The number of nitrogens with two attached hydrogens (primary N) is 1. The van der Waals surface area contributed by atoms with Crippen LogP contribution >= 0.6 is 0 Å². The summed E-state index contributed by atoms with van der Waals surface area (Å²) < 4.78 is 28.8. The molecule has 0 amide bonds. The summed E-state index contributed by atoms with van der Waals surface area (Å²) in [5.41, 5.74) is 2.66. The Balaban J connectivity index is 1.37.